The number of methoxy groups -OCH3 is 1. The summed E-state index contributed by atoms with van der Waals surface area (Å²) < 4.78 is 16.0. The van der Waals surface area contributed by atoms with E-state index in [2.05, 4.69) is 0 Å². The molecule has 0 saturated carbocycles. The van der Waals surface area contributed by atoms with E-state index in [4.69, 9.17) is 19.9 Å². The molecular weight excluding hydrogens is 266 g/mol. The number of hydrogen-bond acceptors (Lipinski definition) is 6. The molecule has 0 aliphatic carbocycles. The second kappa shape index (κ2) is 7.00. The molecule has 0 bridgehead atoms. The summed E-state index contributed by atoms with van der Waals surface area (Å²) in [6.45, 7) is 1.57. The molecule has 0 aromatic heterocycles. The van der Waals surface area contributed by atoms with Crippen molar-refractivity contribution in [3.8, 4) is 11.5 Å². The van der Waals surface area contributed by atoms with Crippen LogP contribution in [-0.4, -0.2) is 49.9 Å². The van der Waals surface area contributed by atoms with Gasteiger partial charge < -0.3 is 25.1 Å². The number of nitrogens with two attached hydrogens (primary N) is 1. The van der Waals surface area contributed by atoms with Crippen LogP contribution in [0.4, 0.5) is 0 Å². The Morgan fingerprint density at radius 3 is 2.79 bits per heavy atom. The Balaban J connectivity index is 2.05. The lowest BCUT2D eigenvalue weighted by Gasteiger charge is -2.22. The van der Waals surface area contributed by atoms with Gasteiger partial charge in [-0.05, 0) is 18.2 Å². The maximum atomic E-state index is 9.41. The molecule has 1 heterocycles. The van der Waals surface area contributed by atoms with E-state index >= 15 is 0 Å². The van der Waals surface area contributed by atoms with Gasteiger partial charge in [0.05, 0.1) is 13.2 Å². The second-order valence-corrected chi connectivity index (χ2v) is 5.58. The minimum absolute atomic E-state index is 0.00361. The molecular formula is C13H19NO4S. The molecule has 5 nitrogen and oxygen atoms in total. The van der Waals surface area contributed by atoms with Gasteiger partial charge in [-0.3, -0.25) is 0 Å². The molecule has 2 atom stereocenters. The number of thioether (sulfide) groups is 1. The highest BCUT2D eigenvalue weighted by molar-refractivity contribution is 8.00. The fourth-order valence-corrected chi connectivity index (χ4v) is 2.83. The molecule has 1 aromatic carbocycles. The quantitative estimate of drug-likeness (QED) is 0.756. The van der Waals surface area contributed by atoms with E-state index in [-0.39, 0.29) is 17.9 Å². The Morgan fingerprint density at radius 2 is 2.11 bits per heavy atom. The number of aliphatic hydroxyl groups is 1. The van der Waals surface area contributed by atoms with Crippen molar-refractivity contribution in [3.05, 3.63) is 18.2 Å². The van der Waals surface area contributed by atoms with Crippen LogP contribution in [0.25, 0.3) is 0 Å². The van der Waals surface area contributed by atoms with Gasteiger partial charge in [-0.2, -0.15) is 0 Å². The highest BCUT2D eigenvalue weighted by Gasteiger charge is 2.20. The highest BCUT2D eigenvalue weighted by Crippen LogP contribution is 2.35. The van der Waals surface area contributed by atoms with E-state index in [1.165, 1.54) is 11.8 Å². The highest BCUT2D eigenvalue weighted by atomic mass is 32.2. The van der Waals surface area contributed by atoms with Gasteiger partial charge in [-0.25, -0.2) is 0 Å². The van der Waals surface area contributed by atoms with E-state index in [1.807, 2.05) is 18.2 Å². The van der Waals surface area contributed by atoms with E-state index in [0.717, 1.165) is 16.4 Å². The van der Waals surface area contributed by atoms with E-state index in [9.17, 15) is 5.11 Å². The number of hydrogen-bond donors (Lipinski definition) is 2. The number of benzene rings is 1. The lowest BCUT2D eigenvalue weighted by atomic mass is 10.2. The molecule has 106 valence electrons. The van der Waals surface area contributed by atoms with Gasteiger partial charge in [0.15, 0.2) is 11.5 Å². The minimum atomic E-state index is -0.215. The molecule has 6 heteroatoms. The van der Waals surface area contributed by atoms with Crippen LogP contribution < -0.4 is 15.2 Å². The fourth-order valence-electron chi connectivity index (χ4n) is 1.83. The smallest absolute Gasteiger partial charge is 0.162 e. The average molecular weight is 285 g/mol. The monoisotopic (exact) mass is 285 g/mol. The Hall–Kier alpha value is -0.950. The summed E-state index contributed by atoms with van der Waals surface area (Å²) in [5.41, 5.74) is 5.96. The molecule has 3 N–H and O–H groups in total. The summed E-state index contributed by atoms with van der Waals surface area (Å²) in [5, 5.41) is 9.30. The molecule has 19 heavy (non-hydrogen) atoms. The van der Waals surface area contributed by atoms with Crippen molar-refractivity contribution in [3.63, 3.8) is 0 Å². The Morgan fingerprint density at radius 1 is 1.37 bits per heavy atom. The molecule has 1 aromatic rings. The molecule has 0 amide bonds. The molecule has 0 radical (unpaired) electrons. The Labute approximate surface area is 117 Å². The SMILES string of the molecule is COCC(N)C(CO)Sc1ccc2c(c1)OCCO2. The van der Waals surface area contributed by atoms with Gasteiger partial charge in [-0.1, -0.05) is 0 Å². The van der Waals surface area contributed by atoms with E-state index < -0.39 is 0 Å². The Bertz CT molecular complexity index is 416. The van der Waals surface area contributed by atoms with Crippen LogP contribution in [0.1, 0.15) is 0 Å². The molecule has 1 aliphatic heterocycles. The third-order valence-electron chi connectivity index (χ3n) is 2.82. The van der Waals surface area contributed by atoms with Crippen molar-refractivity contribution in [1.29, 1.82) is 0 Å². The lowest BCUT2D eigenvalue weighted by Crippen LogP contribution is -2.38. The Kier molecular flexibility index (Phi) is 5.33. The summed E-state index contributed by atoms with van der Waals surface area (Å²) in [7, 11) is 1.60. The number of ether oxygens (including phenoxy) is 3. The molecule has 0 fully saturated rings. The first-order chi connectivity index (χ1) is 9.24. The van der Waals surface area contributed by atoms with Crippen LogP contribution in [0.15, 0.2) is 23.1 Å². The van der Waals surface area contributed by atoms with Crippen molar-refractivity contribution in [1.82, 2.24) is 0 Å². The van der Waals surface area contributed by atoms with Crippen molar-refractivity contribution in [2.24, 2.45) is 5.73 Å². The van der Waals surface area contributed by atoms with Gasteiger partial charge in [0.2, 0.25) is 0 Å². The van der Waals surface area contributed by atoms with E-state index in [0.29, 0.717) is 19.8 Å². The molecule has 0 saturated heterocycles. The molecule has 1 aliphatic rings. The summed E-state index contributed by atoms with van der Waals surface area (Å²) in [6, 6.07) is 5.53. The van der Waals surface area contributed by atoms with Gasteiger partial charge in [0.1, 0.15) is 13.2 Å². The third-order valence-corrected chi connectivity index (χ3v) is 4.15. The van der Waals surface area contributed by atoms with Crippen LogP contribution in [0.3, 0.4) is 0 Å². The molecule has 0 spiro atoms. The normalized spacial score (nSPS) is 17.0. The van der Waals surface area contributed by atoms with Gasteiger partial charge in [0, 0.05) is 23.3 Å². The maximum Gasteiger partial charge on any atom is 0.162 e. The first-order valence-corrected chi connectivity index (χ1v) is 7.04. The second-order valence-electron chi connectivity index (χ2n) is 4.26. The van der Waals surface area contributed by atoms with Crippen molar-refractivity contribution in [2.45, 2.75) is 16.2 Å². The first-order valence-electron chi connectivity index (χ1n) is 6.16. The third kappa shape index (κ3) is 3.76. The van der Waals surface area contributed by atoms with Crippen LogP contribution in [-0.2, 0) is 4.74 Å². The summed E-state index contributed by atoms with van der Waals surface area (Å²) in [5.74, 6) is 1.51. The van der Waals surface area contributed by atoms with Crippen LogP contribution >= 0.6 is 11.8 Å². The predicted octanol–water partition coefficient (Wildman–Crippen LogP) is 0.885. The van der Waals surface area contributed by atoms with Crippen molar-refractivity contribution in [2.75, 3.05) is 33.5 Å². The topological polar surface area (TPSA) is 73.9 Å². The fraction of sp³-hybridized carbons (Fsp3) is 0.538. The maximum absolute atomic E-state index is 9.41. The zero-order valence-corrected chi connectivity index (χ0v) is 11.7. The van der Waals surface area contributed by atoms with Gasteiger partial charge in [0.25, 0.3) is 0 Å². The van der Waals surface area contributed by atoms with E-state index in [1.54, 1.807) is 7.11 Å². The largest absolute Gasteiger partial charge is 0.486 e. The zero-order chi connectivity index (χ0) is 13.7. The molecule has 2 unspecified atom stereocenters. The molecule has 2 rings (SSSR count). The average Bonchev–Trinajstić information content (AvgIpc) is 2.44. The van der Waals surface area contributed by atoms with Crippen LogP contribution in [0.5, 0.6) is 11.5 Å². The van der Waals surface area contributed by atoms with Gasteiger partial charge >= 0.3 is 0 Å². The summed E-state index contributed by atoms with van der Waals surface area (Å²) in [4.78, 5) is 0.995. The minimum Gasteiger partial charge on any atom is -0.486 e. The summed E-state index contributed by atoms with van der Waals surface area (Å²) >= 11 is 1.52. The standard InChI is InChI=1S/C13H19NO4S/c1-16-8-10(14)13(7-15)19-9-2-3-11-12(6-9)18-5-4-17-11/h2-3,6,10,13,15H,4-5,7-8,14H2,1H3. The zero-order valence-electron chi connectivity index (χ0n) is 10.9. The van der Waals surface area contributed by atoms with Crippen LogP contribution in [0, 0.1) is 0 Å². The van der Waals surface area contributed by atoms with Gasteiger partial charge in [-0.15, -0.1) is 11.8 Å². The summed E-state index contributed by atoms with van der Waals surface area (Å²) in [6.07, 6.45) is 0. The predicted molar refractivity (Wildman–Crippen MR) is 74.0 cm³/mol. The number of fused-ring (bicyclic) bond motifs is 1. The first kappa shape index (κ1) is 14.5. The number of aliphatic hydroxyl groups excluding tert-OH is 1. The van der Waals surface area contributed by atoms with Crippen LogP contribution in [0.2, 0.25) is 0 Å². The number of rotatable bonds is 6. The lowest BCUT2D eigenvalue weighted by molar-refractivity contribution is 0.167. The van der Waals surface area contributed by atoms with Crippen molar-refractivity contribution >= 4 is 11.8 Å². The van der Waals surface area contributed by atoms with Crippen molar-refractivity contribution < 1.29 is 19.3 Å².